The van der Waals surface area contributed by atoms with Crippen LogP contribution in [0, 0.1) is 0 Å². The lowest BCUT2D eigenvalue weighted by Crippen LogP contribution is -3.00. The molecular weight excluding hydrogens is 486 g/mol. The Morgan fingerprint density at radius 2 is 0.762 bits per heavy atom. The van der Waals surface area contributed by atoms with Gasteiger partial charge in [-0.05, 0) is 53.4 Å². The minimum Gasteiger partial charge on any atom is -1.00 e. The summed E-state index contributed by atoms with van der Waals surface area (Å²) in [5, 5.41) is 0. The monoisotopic (exact) mass is 526 g/mol. The van der Waals surface area contributed by atoms with Crippen molar-refractivity contribution in [1.29, 1.82) is 0 Å². The van der Waals surface area contributed by atoms with E-state index in [1.54, 1.807) is 0 Å². The standard InChI is InChI=1S/C17H40N2.2HI/c1-16(2)18(5,6)14-12-10-9-11-13-15-19(7,8)17(3)4;;/h16-17H,9-15H2,1-8H3;2*1H/q+2;;/p-2. The zero-order valence-electron chi connectivity index (χ0n) is 15.8. The minimum atomic E-state index is 0. The maximum absolute atomic E-state index is 2.35. The minimum absolute atomic E-state index is 0. The molecule has 0 atom stereocenters. The van der Waals surface area contributed by atoms with E-state index >= 15 is 0 Å². The molecule has 0 radical (unpaired) electrons. The maximum Gasteiger partial charge on any atom is 0.0829 e. The van der Waals surface area contributed by atoms with E-state index < -0.39 is 0 Å². The third-order valence-corrected chi connectivity index (χ3v) is 5.26. The molecule has 132 valence electrons. The van der Waals surface area contributed by atoms with E-state index in [0.717, 1.165) is 21.0 Å². The summed E-state index contributed by atoms with van der Waals surface area (Å²) < 4.78 is 2.33. The molecule has 0 unspecified atom stereocenters. The maximum atomic E-state index is 2.35. The van der Waals surface area contributed by atoms with Gasteiger partial charge in [0.15, 0.2) is 0 Å². The molecule has 0 bridgehead atoms. The first-order chi connectivity index (χ1) is 8.59. The van der Waals surface area contributed by atoms with Gasteiger partial charge in [0.2, 0.25) is 0 Å². The molecule has 0 aromatic heterocycles. The molecular formula is C17H40I2N2. The molecule has 0 spiro atoms. The van der Waals surface area contributed by atoms with E-state index in [9.17, 15) is 0 Å². The van der Waals surface area contributed by atoms with Crippen LogP contribution in [0.3, 0.4) is 0 Å². The van der Waals surface area contributed by atoms with Crippen molar-refractivity contribution in [3.05, 3.63) is 0 Å². The predicted molar refractivity (Wildman–Crippen MR) is 87.3 cm³/mol. The summed E-state index contributed by atoms with van der Waals surface area (Å²) in [7, 11) is 9.42. The highest BCUT2D eigenvalue weighted by Crippen LogP contribution is 2.13. The molecule has 0 aromatic rings. The van der Waals surface area contributed by atoms with Gasteiger partial charge in [0, 0.05) is 0 Å². The number of halogens is 2. The SMILES string of the molecule is CC(C)[N+](C)(C)CCCCCCC[N+](C)(C)C(C)C.[I-].[I-]. The molecule has 0 saturated carbocycles. The van der Waals surface area contributed by atoms with Crippen molar-refractivity contribution in [2.45, 2.75) is 71.9 Å². The highest BCUT2D eigenvalue weighted by Gasteiger charge is 2.19. The van der Waals surface area contributed by atoms with Gasteiger partial charge in [-0.15, -0.1) is 0 Å². The summed E-state index contributed by atoms with van der Waals surface area (Å²) >= 11 is 0. The lowest BCUT2D eigenvalue weighted by molar-refractivity contribution is -0.911. The van der Waals surface area contributed by atoms with Crippen LogP contribution in [0.1, 0.15) is 59.8 Å². The average Bonchev–Trinajstić information content (AvgIpc) is 2.27. The Kier molecular flexibility index (Phi) is 16.6. The van der Waals surface area contributed by atoms with Crippen molar-refractivity contribution >= 4 is 0 Å². The van der Waals surface area contributed by atoms with E-state index in [2.05, 4.69) is 55.9 Å². The Morgan fingerprint density at radius 3 is 1.00 bits per heavy atom. The van der Waals surface area contributed by atoms with Gasteiger partial charge in [-0.2, -0.15) is 0 Å². The lowest BCUT2D eigenvalue weighted by Gasteiger charge is -2.34. The van der Waals surface area contributed by atoms with Gasteiger partial charge in [-0.1, -0.05) is 6.42 Å². The number of hydrogen-bond donors (Lipinski definition) is 0. The van der Waals surface area contributed by atoms with Crippen molar-refractivity contribution in [3.8, 4) is 0 Å². The van der Waals surface area contributed by atoms with Gasteiger partial charge in [-0.25, -0.2) is 0 Å². The van der Waals surface area contributed by atoms with Gasteiger partial charge in [0.1, 0.15) is 0 Å². The topological polar surface area (TPSA) is 0 Å². The summed E-state index contributed by atoms with van der Waals surface area (Å²) in [5.74, 6) is 0. The van der Waals surface area contributed by atoms with Crippen LogP contribution < -0.4 is 48.0 Å². The summed E-state index contributed by atoms with van der Waals surface area (Å²) in [6.07, 6.45) is 6.99. The molecule has 0 saturated heterocycles. The first-order valence-corrected chi connectivity index (χ1v) is 8.25. The van der Waals surface area contributed by atoms with Gasteiger partial charge in [-0.3, -0.25) is 0 Å². The van der Waals surface area contributed by atoms with Gasteiger partial charge in [0.25, 0.3) is 0 Å². The normalized spacial score (nSPS) is 12.3. The van der Waals surface area contributed by atoms with Crippen molar-refractivity contribution in [3.63, 3.8) is 0 Å². The van der Waals surface area contributed by atoms with E-state index in [0.29, 0.717) is 0 Å². The third kappa shape index (κ3) is 12.5. The van der Waals surface area contributed by atoms with Crippen LogP contribution >= 0.6 is 0 Å². The van der Waals surface area contributed by atoms with Crippen LogP contribution in [0.25, 0.3) is 0 Å². The van der Waals surface area contributed by atoms with E-state index in [4.69, 9.17) is 0 Å². The molecule has 0 aliphatic heterocycles. The smallest absolute Gasteiger partial charge is 0.0829 e. The molecule has 21 heavy (non-hydrogen) atoms. The quantitative estimate of drug-likeness (QED) is 0.174. The second kappa shape index (κ2) is 12.8. The van der Waals surface area contributed by atoms with Gasteiger partial charge < -0.3 is 56.9 Å². The number of rotatable bonds is 10. The first-order valence-electron chi connectivity index (χ1n) is 8.25. The number of unbranched alkanes of at least 4 members (excludes halogenated alkanes) is 4. The second-order valence-electron chi connectivity index (χ2n) is 7.96. The second-order valence-corrected chi connectivity index (χ2v) is 7.96. The van der Waals surface area contributed by atoms with Crippen molar-refractivity contribution in [2.75, 3.05) is 41.3 Å². The number of nitrogens with zero attached hydrogens (tertiary/aromatic N) is 2. The fraction of sp³-hybridized carbons (Fsp3) is 1.00. The highest BCUT2D eigenvalue weighted by molar-refractivity contribution is 4.48. The summed E-state index contributed by atoms with van der Waals surface area (Å²) in [5.41, 5.74) is 0. The molecule has 0 heterocycles. The molecule has 4 heteroatoms. The van der Waals surface area contributed by atoms with E-state index in [1.165, 1.54) is 45.2 Å². The van der Waals surface area contributed by atoms with Crippen LogP contribution in [0.2, 0.25) is 0 Å². The van der Waals surface area contributed by atoms with Crippen molar-refractivity contribution in [1.82, 2.24) is 0 Å². The van der Waals surface area contributed by atoms with Crippen LogP contribution in [-0.4, -0.2) is 62.3 Å². The Bertz CT molecular complexity index is 215. The largest absolute Gasteiger partial charge is 1.00 e. The fourth-order valence-electron chi connectivity index (χ4n) is 2.09. The Hall–Kier alpha value is 1.38. The molecule has 2 nitrogen and oxygen atoms in total. The third-order valence-electron chi connectivity index (χ3n) is 5.26. The number of hydrogen-bond acceptors (Lipinski definition) is 0. The molecule has 0 fully saturated rings. The van der Waals surface area contributed by atoms with Crippen LogP contribution in [0.5, 0.6) is 0 Å². The predicted octanol–water partition coefficient (Wildman–Crippen LogP) is -2.09. The van der Waals surface area contributed by atoms with E-state index in [1.807, 2.05) is 0 Å². The van der Waals surface area contributed by atoms with Crippen molar-refractivity contribution < 1.29 is 56.9 Å². The summed E-state index contributed by atoms with van der Waals surface area (Å²) in [4.78, 5) is 0. The zero-order chi connectivity index (χ0) is 15.1. The molecule has 0 amide bonds. The highest BCUT2D eigenvalue weighted by atomic mass is 127. The molecule has 0 rings (SSSR count). The lowest BCUT2D eigenvalue weighted by atomic mass is 10.1. The molecule has 0 aromatic carbocycles. The van der Waals surface area contributed by atoms with Crippen LogP contribution in [0.15, 0.2) is 0 Å². The Labute approximate surface area is 169 Å². The zero-order valence-corrected chi connectivity index (χ0v) is 20.1. The Morgan fingerprint density at radius 1 is 0.524 bits per heavy atom. The Balaban J connectivity index is -0.00000162. The van der Waals surface area contributed by atoms with E-state index in [-0.39, 0.29) is 48.0 Å². The fourth-order valence-corrected chi connectivity index (χ4v) is 2.09. The van der Waals surface area contributed by atoms with Crippen LogP contribution in [0.4, 0.5) is 0 Å². The van der Waals surface area contributed by atoms with Gasteiger partial charge in [0.05, 0.1) is 53.4 Å². The summed E-state index contributed by atoms with van der Waals surface area (Å²) in [6, 6.07) is 1.48. The van der Waals surface area contributed by atoms with Gasteiger partial charge >= 0.3 is 0 Å². The molecule has 0 N–H and O–H groups in total. The van der Waals surface area contributed by atoms with Crippen LogP contribution in [-0.2, 0) is 0 Å². The summed E-state index contributed by atoms with van der Waals surface area (Å²) in [6.45, 7) is 12.0. The first kappa shape index (κ1) is 27.2. The molecule has 0 aliphatic rings. The molecule has 0 aliphatic carbocycles. The number of quaternary nitrogens is 2. The average molecular weight is 526 g/mol. The van der Waals surface area contributed by atoms with Crippen molar-refractivity contribution in [2.24, 2.45) is 0 Å².